The highest BCUT2D eigenvalue weighted by Crippen LogP contribution is 2.18. The van der Waals surface area contributed by atoms with Crippen molar-refractivity contribution < 1.29 is 14.4 Å². The van der Waals surface area contributed by atoms with E-state index in [0.29, 0.717) is 37.4 Å². The average molecular weight is 328 g/mol. The molecule has 0 spiro atoms. The topological polar surface area (TPSA) is 93.2 Å². The Kier molecular flexibility index (Phi) is 4.90. The Morgan fingerprint density at radius 3 is 2.96 bits per heavy atom. The summed E-state index contributed by atoms with van der Waals surface area (Å²) in [5, 5.41) is 15.5. The van der Waals surface area contributed by atoms with Crippen molar-refractivity contribution in [1.82, 2.24) is 14.7 Å². The maximum atomic E-state index is 12.1. The summed E-state index contributed by atoms with van der Waals surface area (Å²) in [6.45, 7) is 2.41. The molecule has 0 saturated carbocycles. The van der Waals surface area contributed by atoms with E-state index in [1.54, 1.807) is 13.0 Å². The van der Waals surface area contributed by atoms with Gasteiger partial charge in [-0.05, 0) is 25.5 Å². The van der Waals surface area contributed by atoms with Gasteiger partial charge in [0, 0.05) is 32.1 Å². The number of hydrogen-bond acceptors (Lipinski definition) is 5. The van der Waals surface area contributed by atoms with Crippen molar-refractivity contribution >= 4 is 22.8 Å². The molecule has 3 aromatic rings. The van der Waals surface area contributed by atoms with Crippen molar-refractivity contribution in [1.29, 1.82) is 0 Å². The molecule has 7 heteroatoms. The Morgan fingerprint density at radius 2 is 2.21 bits per heavy atom. The number of imidazole rings is 1. The standard InChI is InChI=1S/C17H20N4O3/c1-12-11-15(20-24-12)19-17(23)8-9-21-14-6-3-2-5-13(14)18-16(21)7-4-10-22/h2-3,5-6,11,22H,4,7-10H2,1H3,(H,19,20,23). The molecule has 0 aliphatic heterocycles. The summed E-state index contributed by atoms with van der Waals surface area (Å²) in [6, 6.07) is 9.51. The zero-order valence-corrected chi connectivity index (χ0v) is 13.5. The van der Waals surface area contributed by atoms with E-state index >= 15 is 0 Å². The van der Waals surface area contributed by atoms with E-state index in [4.69, 9.17) is 9.63 Å². The number of benzene rings is 1. The molecule has 2 aromatic heterocycles. The lowest BCUT2D eigenvalue weighted by Crippen LogP contribution is -2.16. The largest absolute Gasteiger partial charge is 0.396 e. The SMILES string of the molecule is Cc1cc(NC(=O)CCn2c(CCCO)nc3ccccc32)no1. The van der Waals surface area contributed by atoms with Gasteiger partial charge >= 0.3 is 0 Å². The van der Waals surface area contributed by atoms with Crippen LogP contribution in [0.25, 0.3) is 11.0 Å². The number of anilines is 1. The van der Waals surface area contributed by atoms with Gasteiger partial charge in [-0.3, -0.25) is 4.79 Å². The van der Waals surface area contributed by atoms with Gasteiger partial charge in [0.15, 0.2) is 5.82 Å². The first-order valence-electron chi connectivity index (χ1n) is 7.95. The molecule has 7 nitrogen and oxygen atoms in total. The van der Waals surface area contributed by atoms with Crippen LogP contribution in [0.3, 0.4) is 0 Å². The minimum atomic E-state index is -0.130. The summed E-state index contributed by atoms with van der Waals surface area (Å²) in [7, 11) is 0. The second-order valence-electron chi connectivity index (χ2n) is 5.62. The average Bonchev–Trinajstić information content (AvgIpc) is 3.14. The third-order valence-corrected chi connectivity index (χ3v) is 3.75. The maximum absolute atomic E-state index is 12.1. The molecule has 0 bridgehead atoms. The second kappa shape index (κ2) is 7.27. The molecule has 0 radical (unpaired) electrons. The Morgan fingerprint density at radius 1 is 1.38 bits per heavy atom. The number of para-hydroxylation sites is 2. The number of rotatable bonds is 7. The van der Waals surface area contributed by atoms with Gasteiger partial charge < -0.3 is 19.5 Å². The maximum Gasteiger partial charge on any atom is 0.227 e. The number of aryl methyl sites for hydroxylation is 3. The van der Waals surface area contributed by atoms with Gasteiger partial charge in [0.05, 0.1) is 11.0 Å². The first-order chi connectivity index (χ1) is 11.7. The molecule has 0 atom stereocenters. The molecule has 2 heterocycles. The predicted molar refractivity (Wildman–Crippen MR) is 89.6 cm³/mol. The van der Waals surface area contributed by atoms with Crippen LogP contribution >= 0.6 is 0 Å². The fourth-order valence-electron chi connectivity index (χ4n) is 2.65. The van der Waals surface area contributed by atoms with Crippen LogP contribution in [-0.2, 0) is 17.8 Å². The highest BCUT2D eigenvalue weighted by atomic mass is 16.5. The molecule has 1 aromatic carbocycles. The fraction of sp³-hybridized carbons (Fsp3) is 0.353. The summed E-state index contributed by atoms with van der Waals surface area (Å²) in [5.74, 6) is 1.83. The number of hydrogen-bond donors (Lipinski definition) is 2. The van der Waals surface area contributed by atoms with Gasteiger partial charge in [-0.25, -0.2) is 4.98 Å². The van der Waals surface area contributed by atoms with Crippen LogP contribution in [0.2, 0.25) is 0 Å². The third kappa shape index (κ3) is 3.62. The molecule has 2 N–H and O–H groups in total. The number of fused-ring (bicyclic) bond motifs is 1. The highest BCUT2D eigenvalue weighted by Gasteiger charge is 2.12. The summed E-state index contributed by atoms with van der Waals surface area (Å²) in [5.41, 5.74) is 1.90. The van der Waals surface area contributed by atoms with E-state index in [1.807, 2.05) is 28.8 Å². The van der Waals surface area contributed by atoms with Gasteiger partial charge in [-0.1, -0.05) is 17.3 Å². The van der Waals surface area contributed by atoms with Gasteiger partial charge in [0.25, 0.3) is 0 Å². The van der Waals surface area contributed by atoms with Gasteiger partial charge in [0.2, 0.25) is 5.91 Å². The first-order valence-corrected chi connectivity index (χ1v) is 7.95. The predicted octanol–water partition coefficient (Wildman–Crippen LogP) is 2.29. The summed E-state index contributed by atoms with van der Waals surface area (Å²) < 4.78 is 6.97. The lowest BCUT2D eigenvalue weighted by atomic mass is 10.3. The number of aromatic nitrogens is 3. The molecule has 0 unspecified atom stereocenters. The molecule has 0 fully saturated rings. The zero-order chi connectivity index (χ0) is 16.9. The van der Waals surface area contributed by atoms with Gasteiger partial charge in [-0.2, -0.15) is 0 Å². The lowest BCUT2D eigenvalue weighted by Gasteiger charge is -2.08. The van der Waals surface area contributed by atoms with Crippen molar-refractivity contribution in [2.45, 2.75) is 32.7 Å². The molecule has 0 aliphatic carbocycles. The van der Waals surface area contributed by atoms with Crippen molar-refractivity contribution in [3.05, 3.63) is 41.9 Å². The van der Waals surface area contributed by atoms with E-state index < -0.39 is 0 Å². The quantitative estimate of drug-likeness (QED) is 0.694. The van der Waals surface area contributed by atoms with Gasteiger partial charge in [0.1, 0.15) is 11.6 Å². The van der Waals surface area contributed by atoms with Crippen LogP contribution in [0.5, 0.6) is 0 Å². The lowest BCUT2D eigenvalue weighted by molar-refractivity contribution is -0.116. The van der Waals surface area contributed by atoms with Crippen LogP contribution in [0.4, 0.5) is 5.82 Å². The van der Waals surface area contributed by atoms with Crippen LogP contribution in [0.1, 0.15) is 24.4 Å². The minimum Gasteiger partial charge on any atom is -0.396 e. The first kappa shape index (κ1) is 16.2. The van der Waals surface area contributed by atoms with Crippen LogP contribution in [0, 0.1) is 6.92 Å². The summed E-state index contributed by atoms with van der Waals surface area (Å²) in [6.07, 6.45) is 1.63. The Balaban J connectivity index is 1.72. The summed E-state index contributed by atoms with van der Waals surface area (Å²) in [4.78, 5) is 16.7. The molecule has 3 rings (SSSR count). The molecular weight excluding hydrogens is 308 g/mol. The Bertz CT molecular complexity index is 837. The van der Waals surface area contributed by atoms with E-state index in [-0.39, 0.29) is 12.5 Å². The molecule has 126 valence electrons. The smallest absolute Gasteiger partial charge is 0.227 e. The summed E-state index contributed by atoms with van der Waals surface area (Å²) >= 11 is 0. The number of carbonyl (C=O) groups is 1. The van der Waals surface area contributed by atoms with Crippen molar-refractivity contribution in [3.8, 4) is 0 Å². The fourth-order valence-corrected chi connectivity index (χ4v) is 2.65. The van der Waals surface area contributed by atoms with Crippen molar-refractivity contribution in [2.24, 2.45) is 0 Å². The molecule has 24 heavy (non-hydrogen) atoms. The van der Waals surface area contributed by atoms with Crippen molar-refractivity contribution in [2.75, 3.05) is 11.9 Å². The molecule has 1 amide bonds. The van der Waals surface area contributed by atoms with E-state index in [1.165, 1.54) is 0 Å². The Hall–Kier alpha value is -2.67. The third-order valence-electron chi connectivity index (χ3n) is 3.75. The number of aliphatic hydroxyl groups is 1. The second-order valence-corrected chi connectivity index (χ2v) is 5.62. The number of amides is 1. The Labute approximate surface area is 139 Å². The van der Waals surface area contributed by atoms with E-state index in [2.05, 4.69) is 15.5 Å². The van der Waals surface area contributed by atoms with Crippen LogP contribution < -0.4 is 5.32 Å². The normalized spacial score (nSPS) is 11.1. The molecule has 0 saturated heterocycles. The van der Waals surface area contributed by atoms with Crippen LogP contribution in [-0.4, -0.2) is 32.3 Å². The van der Waals surface area contributed by atoms with Crippen LogP contribution in [0.15, 0.2) is 34.9 Å². The molecular formula is C17H20N4O3. The number of carbonyl (C=O) groups excluding carboxylic acids is 1. The van der Waals surface area contributed by atoms with Gasteiger partial charge in [-0.15, -0.1) is 0 Å². The number of nitrogens with zero attached hydrogens (tertiary/aromatic N) is 3. The monoisotopic (exact) mass is 328 g/mol. The number of aliphatic hydroxyl groups excluding tert-OH is 1. The zero-order valence-electron chi connectivity index (χ0n) is 13.5. The number of nitrogens with one attached hydrogen (secondary N) is 1. The minimum absolute atomic E-state index is 0.120. The van der Waals surface area contributed by atoms with E-state index in [0.717, 1.165) is 16.9 Å². The molecule has 0 aliphatic rings. The van der Waals surface area contributed by atoms with E-state index in [9.17, 15) is 4.79 Å². The van der Waals surface area contributed by atoms with Crippen molar-refractivity contribution in [3.63, 3.8) is 0 Å². The highest BCUT2D eigenvalue weighted by molar-refractivity contribution is 5.89.